The van der Waals surface area contributed by atoms with Crippen LogP contribution in [0.3, 0.4) is 0 Å². The fourth-order valence-corrected chi connectivity index (χ4v) is 2.62. The van der Waals surface area contributed by atoms with Gasteiger partial charge in [0.2, 0.25) is 0 Å². The van der Waals surface area contributed by atoms with Gasteiger partial charge in [0.1, 0.15) is 5.75 Å². The number of hydrogen-bond donors (Lipinski definition) is 1. The average Bonchev–Trinajstić information content (AvgIpc) is 2.45. The molecule has 0 atom stereocenters. The number of nitrogens with zero attached hydrogens (tertiary/aromatic N) is 1. The summed E-state index contributed by atoms with van der Waals surface area (Å²) >= 11 is 0. The Kier molecular flexibility index (Phi) is 4.42. The molecule has 118 valence electrons. The van der Waals surface area contributed by atoms with Gasteiger partial charge in [0.25, 0.3) is 5.56 Å². The molecule has 4 nitrogen and oxygen atoms in total. The summed E-state index contributed by atoms with van der Waals surface area (Å²) in [5.41, 5.74) is 1.83. The van der Waals surface area contributed by atoms with Crippen LogP contribution in [-0.2, 0) is 12.1 Å². The zero-order valence-electron chi connectivity index (χ0n) is 13.8. The predicted molar refractivity (Wildman–Crippen MR) is 88.3 cm³/mol. The van der Waals surface area contributed by atoms with E-state index in [0.29, 0.717) is 12.1 Å². The molecule has 0 aliphatic heterocycles. The third kappa shape index (κ3) is 2.92. The molecule has 0 spiro atoms. The maximum Gasteiger partial charge on any atom is 0.257 e. The van der Waals surface area contributed by atoms with Crippen LogP contribution in [0.15, 0.2) is 35.1 Å². The molecule has 22 heavy (non-hydrogen) atoms. The van der Waals surface area contributed by atoms with E-state index in [4.69, 9.17) is 4.74 Å². The molecule has 0 saturated carbocycles. The molecule has 2 rings (SSSR count). The molecule has 1 N–H and O–H groups in total. The lowest BCUT2D eigenvalue weighted by Gasteiger charge is -2.21. The Balaban J connectivity index is 2.76. The molecule has 1 aromatic heterocycles. The van der Waals surface area contributed by atoms with Crippen molar-refractivity contribution in [2.45, 2.75) is 39.8 Å². The quantitative estimate of drug-likeness (QED) is 0.944. The molecular formula is C18H23NO3. The number of aliphatic hydroxyl groups is 1. The first-order valence-electron chi connectivity index (χ1n) is 7.41. The molecule has 0 unspecified atom stereocenters. The maximum atomic E-state index is 12.7. The minimum absolute atomic E-state index is 0.170. The highest BCUT2D eigenvalue weighted by Gasteiger charge is 2.22. The average molecular weight is 301 g/mol. The maximum absolute atomic E-state index is 12.7. The second kappa shape index (κ2) is 5.97. The van der Waals surface area contributed by atoms with E-state index in [1.54, 1.807) is 31.6 Å². The molecule has 0 aliphatic carbocycles. The Bertz CT molecular complexity index is 739. The number of aryl methyl sites for hydroxylation is 1. The normalized spacial score (nSPS) is 11.5. The van der Waals surface area contributed by atoms with Crippen LogP contribution >= 0.6 is 0 Å². The molecule has 0 saturated heterocycles. The van der Waals surface area contributed by atoms with Crippen LogP contribution in [0.1, 0.15) is 31.9 Å². The Morgan fingerprint density at radius 1 is 1.23 bits per heavy atom. The van der Waals surface area contributed by atoms with Gasteiger partial charge in [-0.2, -0.15) is 0 Å². The van der Waals surface area contributed by atoms with E-state index < -0.39 is 5.60 Å². The van der Waals surface area contributed by atoms with Crippen LogP contribution in [0.5, 0.6) is 5.75 Å². The van der Waals surface area contributed by atoms with Gasteiger partial charge in [-0.25, -0.2) is 0 Å². The van der Waals surface area contributed by atoms with Crippen molar-refractivity contribution < 1.29 is 9.84 Å². The zero-order chi connectivity index (χ0) is 16.5. The van der Waals surface area contributed by atoms with Gasteiger partial charge in [-0.15, -0.1) is 0 Å². The minimum Gasteiger partial charge on any atom is -0.496 e. The van der Waals surface area contributed by atoms with Gasteiger partial charge < -0.3 is 14.4 Å². The van der Waals surface area contributed by atoms with Gasteiger partial charge in [-0.3, -0.25) is 4.79 Å². The van der Waals surface area contributed by atoms with E-state index in [0.717, 1.165) is 22.6 Å². The lowest BCUT2D eigenvalue weighted by Crippen LogP contribution is -2.32. The number of methoxy groups -OCH3 is 1. The summed E-state index contributed by atoms with van der Waals surface area (Å²) in [6.07, 6.45) is 0. The van der Waals surface area contributed by atoms with Crippen LogP contribution in [0.2, 0.25) is 0 Å². The molecular weight excluding hydrogens is 278 g/mol. The first-order chi connectivity index (χ1) is 10.3. The van der Waals surface area contributed by atoms with Crippen LogP contribution in [-0.4, -0.2) is 16.8 Å². The summed E-state index contributed by atoms with van der Waals surface area (Å²) in [7, 11) is 1.62. The second-order valence-electron chi connectivity index (χ2n) is 5.94. The molecule has 2 aromatic rings. The van der Waals surface area contributed by atoms with E-state index >= 15 is 0 Å². The molecule has 1 heterocycles. The minimum atomic E-state index is -1.16. The summed E-state index contributed by atoms with van der Waals surface area (Å²) in [4.78, 5) is 12.7. The number of benzene rings is 1. The van der Waals surface area contributed by atoms with E-state index in [1.807, 2.05) is 38.1 Å². The van der Waals surface area contributed by atoms with Crippen LogP contribution < -0.4 is 10.3 Å². The van der Waals surface area contributed by atoms with Crippen molar-refractivity contribution in [3.63, 3.8) is 0 Å². The SMILES string of the molecule is CCn1c(-c2cc(C)ccc2OC)ccc(C(C)(C)O)c1=O. The summed E-state index contributed by atoms with van der Waals surface area (Å²) < 4.78 is 7.10. The topological polar surface area (TPSA) is 51.5 Å². The third-order valence-corrected chi connectivity index (χ3v) is 3.78. The van der Waals surface area contributed by atoms with Gasteiger partial charge >= 0.3 is 0 Å². The fraction of sp³-hybridized carbons (Fsp3) is 0.389. The largest absolute Gasteiger partial charge is 0.496 e. The van der Waals surface area contributed by atoms with Crippen molar-refractivity contribution >= 4 is 0 Å². The van der Waals surface area contributed by atoms with Crippen molar-refractivity contribution in [3.8, 4) is 17.0 Å². The Labute approximate surface area is 131 Å². The van der Waals surface area contributed by atoms with Gasteiger partial charge in [-0.1, -0.05) is 11.6 Å². The highest BCUT2D eigenvalue weighted by atomic mass is 16.5. The van der Waals surface area contributed by atoms with Crippen molar-refractivity contribution in [2.75, 3.05) is 7.11 Å². The zero-order valence-corrected chi connectivity index (χ0v) is 13.8. The molecule has 0 fully saturated rings. The highest BCUT2D eigenvalue weighted by molar-refractivity contribution is 5.68. The van der Waals surface area contributed by atoms with Crippen LogP contribution in [0, 0.1) is 6.92 Å². The number of rotatable bonds is 4. The van der Waals surface area contributed by atoms with Crippen molar-refractivity contribution in [1.82, 2.24) is 4.57 Å². The first-order valence-corrected chi connectivity index (χ1v) is 7.41. The van der Waals surface area contributed by atoms with Gasteiger partial charge in [0, 0.05) is 17.7 Å². The van der Waals surface area contributed by atoms with Gasteiger partial charge in [0.15, 0.2) is 0 Å². The summed E-state index contributed by atoms with van der Waals surface area (Å²) in [5, 5.41) is 10.2. The Morgan fingerprint density at radius 3 is 2.45 bits per heavy atom. The van der Waals surface area contributed by atoms with Crippen molar-refractivity contribution in [2.24, 2.45) is 0 Å². The van der Waals surface area contributed by atoms with Crippen LogP contribution in [0.4, 0.5) is 0 Å². The molecule has 4 heteroatoms. The van der Waals surface area contributed by atoms with Crippen molar-refractivity contribution in [3.05, 3.63) is 51.8 Å². The number of aromatic nitrogens is 1. The lowest BCUT2D eigenvalue weighted by molar-refractivity contribution is 0.0765. The summed E-state index contributed by atoms with van der Waals surface area (Å²) in [6, 6.07) is 9.45. The summed E-state index contributed by atoms with van der Waals surface area (Å²) in [5.74, 6) is 0.725. The predicted octanol–water partition coefficient (Wildman–Crippen LogP) is 3.08. The van der Waals surface area contributed by atoms with Crippen LogP contribution in [0.25, 0.3) is 11.3 Å². The Morgan fingerprint density at radius 2 is 1.91 bits per heavy atom. The molecule has 0 bridgehead atoms. The molecule has 1 aromatic carbocycles. The first kappa shape index (κ1) is 16.3. The second-order valence-corrected chi connectivity index (χ2v) is 5.94. The number of pyridine rings is 1. The lowest BCUT2D eigenvalue weighted by atomic mass is 9.98. The molecule has 0 amide bonds. The molecule has 0 aliphatic rings. The van der Waals surface area contributed by atoms with Gasteiger partial charge in [0.05, 0.1) is 18.4 Å². The van der Waals surface area contributed by atoms with Crippen molar-refractivity contribution in [1.29, 1.82) is 0 Å². The monoisotopic (exact) mass is 301 g/mol. The standard InChI is InChI=1S/C18H23NO3/c1-6-19-15(9-8-14(17(19)20)18(3,4)21)13-11-12(2)7-10-16(13)22-5/h7-11,21H,6H2,1-5H3. The Hall–Kier alpha value is -2.07. The molecule has 0 radical (unpaired) electrons. The fourth-order valence-electron chi connectivity index (χ4n) is 2.62. The smallest absolute Gasteiger partial charge is 0.257 e. The van der Waals surface area contributed by atoms with E-state index in [2.05, 4.69) is 0 Å². The number of ether oxygens (including phenoxy) is 1. The highest BCUT2D eigenvalue weighted by Crippen LogP contribution is 2.31. The number of hydrogen-bond acceptors (Lipinski definition) is 3. The summed E-state index contributed by atoms with van der Waals surface area (Å²) in [6.45, 7) is 7.69. The third-order valence-electron chi connectivity index (χ3n) is 3.78. The van der Waals surface area contributed by atoms with E-state index in [9.17, 15) is 9.90 Å². The van der Waals surface area contributed by atoms with E-state index in [1.165, 1.54) is 0 Å². The van der Waals surface area contributed by atoms with Gasteiger partial charge in [-0.05, 0) is 52.0 Å². The van der Waals surface area contributed by atoms with E-state index in [-0.39, 0.29) is 5.56 Å².